The van der Waals surface area contributed by atoms with Gasteiger partial charge in [-0.3, -0.25) is 0 Å². The Morgan fingerprint density at radius 2 is 0.465 bits per heavy atom. The molecule has 0 fully saturated rings. The van der Waals surface area contributed by atoms with Crippen molar-refractivity contribution in [3.05, 3.63) is 372 Å². The van der Waals surface area contributed by atoms with Crippen molar-refractivity contribution in [3.63, 3.8) is 0 Å². The SMILES string of the molecule is c1ccc(-c2c3ccccc3c(-c3c4cccc(-c5cccc(C6(c7ccccc7)c7ccccc7Oc7ccccc76)c5)c4cc4c(-c5cccc(C6(c7ccccc7)c7ccccc7Oc7ccccc76)c5)cccc34)c3ccccc23)cc1. The fourth-order valence-electron chi connectivity index (χ4n) is 15.0. The normalized spacial score (nSPS) is 13.5. The van der Waals surface area contributed by atoms with E-state index < -0.39 is 10.8 Å². The van der Waals surface area contributed by atoms with Crippen molar-refractivity contribution in [2.75, 3.05) is 0 Å². The third-order valence-corrected chi connectivity index (χ3v) is 18.5. The largest absolute Gasteiger partial charge is 0.457 e. The lowest BCUT2D eigenvalue weighted by Crippen LogP contribution is -2.34. The Labute approximate surface area is 500 Å². The van der Waals surface area contributed by atoms with Gasteiger partial charge in [-0.25, -0.2) is 0 Å². The summed E-state index contributed by atoms with van der Waals surface area (Å²) in [4.78, 5) is 0. The van der Waals surface area contributed by atoms with Crippen LogP contribution >= 0.6 is 0 Å². The van der Waals surface area contributed by atoms with Gasteiger partial charge in [0.2, 0.25) is 0 Å². The van der Waals surface area contributed by atoms with E-state index in [9.17, 15) is 0 Å². The molecule has 0 spiro atoms. The van der Waals surface area contributed by atoms with Crippen LogP contribution in [0.2, 0.25) is 0 Å². The first-order chi connectivity index (χ1) is 42.7. The van der Waals surface area contributed by atoms with Crippen molar-refractivity contribution in [3.8, 4) is 67.5 Å². The maximum absolute atomic E-state index is 6.78. The van der Waals surface area contributed by atoms with Crippen LogP contribution in [0, 0.1) is 0 Å². The molecule has 0 bridgehead atoms. The number of fused-ring (bicyclic) bond motifs is 8. The van der Waals surface area contributed by atoms with Crippen LogP contribution in [0.4, 0.5) is 0 Å². The topological polar surface area (TPSA) is 18.5 Å². The first-order valence-electron chi connectivity index (χ1n) is 29.7. The number of ether oxygens (including phenoxy) is 2. The second kappa shape index (κ2) is 19.8. The molecule has 0 radical (unpaired) electrons. The molecule has 0 aromatic heterocycles. The Balaban J connectivity index is 0.974. The highest BCUT2D eigenvalue weighted by Gasteiger charge is 2.47. The van der Waals surface area contributed by atoms with E-state index in [2.05, 4.69) is 328 Å². The minimum absolute atomic E-state index is 0.690. The summed E-state index contributed by atoms with van der Waals surface area (Å²) in [7, 11) is 0. The molecule has 2 heteroatoms. The molecule has 15 aromatic carbocycles. The standard InChI is InChI=1S/C84H54O2/c1-4-26-55(27-5-1)80-64-36-10-12-38-66(64)81(67-39-13-11-37-65(67)80)82-68-42-24-40-62(56-28-22-34-60(52-56)83(58-30-6-2-7-31-58)72-44-14-18-48-76(72)85-77-49-19-15-45-73(77)83)70(68)54-71-63(41-25-43-69(71)82)57-29-23-35-61(53-57)84(59-32-8-3-9-33-59)74-46-16-20-50-78(74)86-79-51-21-17-47-75(79)84/h1-54H. The Hall–Kier alpha value is -11.1. The van der Waals surface area contributed by atoms with Crippen molar-refractivity contribution in [2.45, 2.75) is 10.8 Å². The van der Waals surface area contributed by atoms with Gasteiger partial charge in [-0.1, -0.05) is 285 Å². The minimum atomic E-state index is -0.690. The molecule has 2 nitrogen and oxygen atoms in total. The average Bonchev–Trinajstić information content (AvgIpc) is 1.45. The summed E-state index contributed by atoms with van der Waals surface area (Å²) in [6.07, 6.45) is 0. The third-order valence-electron chi connectivity index (χ3n) is 18.5. The summed E-state index contributed by atoms with van der Waals surface area (Å²) in [6, 6.07) is 120. The molecule has 0 atom stereocenters. The van der Waals surface area contributed by atoms with Crippen LogP contribution < -0.4 is 9.47 Å². The molecule has 402 valence electrons. The zero-order valence-electron chi connectivity index (χ0n) is 47.0. The Morgan fingerprint density at radius 1 is 0.186 bits per heavy atom. The number of para-hydroxylation sites is 4. The predicted molar refractivity (Wildman–Crippen MR) is 355 cm³/mol. The van der Waals surface area contributed by atoms with Gasteiger partial charge in [0.1, 0.15) is 23.0 Å². The number of benzene rings is 15. The third kappa shape index (κ3) is 7.33. The lowest BCUT2D eigenvalue weighted by Gasteiger charge is -2.41. The van der Waals surface area contributed by atoms with Crippen LogP contribution in [0.1, 0.15) is 44.5 Å². The van der Waals surface area contributed by atoms with E-state index in [1.807, 2.05) is 0 Å². The maximum Gasteiger partial charge on any atom is 0.132 e. The molecule has 86 heavy (non-hydrogen) atoms. The Kier molecular flexibility index (Phi) is 11.4. The quantitative estimate of drug-likeness (QED) is 0.141. The van der Waals surface area contributed by atoms with Gasteiger partial charge in [0.15, 0.2) is 0 Å². The second-order valence-electron chi connectivity index (χ2n) is 22.8. The van der Waals surface area contributed by atoms with Crippen molar-refractivity contribution in [2.24, 2.45) is 0 Å². The second-order valence-corrected chi connectivity index (χ2v) is 22.8. The molecule has 0 N–H and O–H groups in total. The molecular formula is C84H54O2. The Bertz CT molecular complexity index is 4790. The van der Waals surface area contributed by atoms with E-state index in [0.29, 0.717) is 0 Å². The van der Waals surface area contributed by atoms with E-state index in [4.69, 9.17) is 9.47 Å². The van der Waals surface area contributed by atoms with Crippen LogP contribution in [0.3, 0.4) is 0 Å². The summed E-state index contributed by atoms with van der Waals surface area (Å²) >= 11 is 0. The molecule has 2 heterocycles. The lowest BCUT2D eigenvalue weighted by atomic mass is 9.63. The van der Waals surface area contributed by atoms with Gasteiger partial charge in [0.25, 0.3) is 0 Å². The van der Waals surface area contributed by atoms with E-state index in [1.165, 1.54) is 76.5 Å². The highest BCUT2D eigenvalue weighted by molar-refractivity contribution is 6.29. The average molecular weight is 1100 g/mol. The molecule has 0 saturated carbocycles. The molecular weight excluding hydrogens is 1040 g/mol. The molecule has 0 saturated heterocycles. The van der Waals surface area contributed by atoms with Crippen molar-refractivity contribution in [1.29, 1.82) is 0 Å². The van der Waals surface area contributed by atoms with Crippen molar-refractivity contribution >= 4 is 43.1 Å². The zero-order chi connectivity index (χ0) is 56.8. The minimum Gasteiger partial charge on any atom is -0.457 e. The van der Waals surface area contributed by atoms with E-state index in [0.717, 1.165) is 78.6 Å². The highest BCUT2D eigenvalue weighted by atomic mass is 16.5. The van der Waals surface area contributed by atoms with E-state index in [1.54, 1.807) is 0 Å². The lowest BCUT2D eigenvalue weighted by molar-refractivity contribution is 0.434. The van der Waals surface area contributed by atoms with Crippen LogP contribution in [-0.2, 0) is 10.8 Å². The summed E-state index contributed by atoms with van der Waals surface area (Å²) in [5, 5.41) is 9.58. The molecule has 2 aliphatic heterocycles. The monoisotopic (exact) mass is 1090 g/mol. The smallest absolute Gasteiger partial charge is 0.132 e. The molecule has 0 amide bonds. The van der Waals surface area contributed by atoms with Gasteiger partial charge >= 0.3 is 0 Å². The van der Waals surface area contributed by atoms with Crippen molar-refractivity contribution in [1.82, 2.24) is 0 Å². The van der Waals surface area contributed by atoms with Crippen molar-refractivity contribution < 1.29 is 9.47 Å². The van der Waals surface area contributed by atoms with Crippen LogP contribution in [0.25, 0.3) is 87.6 Å². The van der Waals surface area contributed by atoms with Gasteiger partial charge in [-0.05, 0) is 152 Å². The number of hydrogen-bond acceptors (Lipinski definition) is 2. The fraction of sp³-hybridized carbons (Fsp3) is 0.0238. The first kappa shape index (κ1) is 49.5. The summed E-state index contributed by atoms with van der Waals surface area (Å²) < 4.78 is 13.6. The van der Waals surface area contributed by atoms with Gasteiger partial charge in [0.05, 0.1) is 10.8 Å². The molecule has 0 aliphatic carbocycles. The maximum atomic E-state index is 6.78. The first-order valence-corrected chi connectivity index (χ1v) is 29.7. The van der Waals surface area contributed by atoms with Gasteiger partial charge in [-0.15, -0.1) is 0 Å². The number of rotatable bonds is 8. The van der Waals surface area contributed by atoms with Crippen LogP contribution in [-0.4, -0.2) is 0 Å². The van der Waals surface area contributed by atoms with E-state index >= 15 is 0 Å². The van der Waals surface area contributed by atoms with Gasteiger partial charge in [-0.2, -0.15) is 0 Å². The zero-order valence-corrected chi connectivity index (χ0v) is 47.0. The highest BCUT2D eigenvalue weighted by Crippen LogP contribution is 2.58. The van der Waals surface area contributed by atoms with Crippen LogP contribution in [0.15, 0.2) is 328 Å². The molecule has 17 rings (SSSR count). The molecule has 2 aliphatic rings. The summed E-state index contributed by atoms with van der Waals surface area (Å²) in [6.45, 7) is 0. The van der Waals surface area contributed by atoms with Crippen LogP contribution in [0.5, 0.6) is 23.0 Å². The molecule has 15 aromatic rings. The Morgan fingerprint density at radius 3 is 0.860 bits per heavy atom. The molecule has 0 unspecified atom stereocenters. The summed E-state index contributed by atoms with van der Waals surface area (Å²) in [5.41, 5.74) is 17.2. The summed E-state index contributed by atoms with van der Waals surface area (Å²) in [5.74, 6) is 3.43. The van der Waals surface area contributed by atoms with Gasteiger partial charge < -0.3 is 9.47 Å². The van der Waals surface area contributed by atoms with E-state index in [-0.39, 0.29) is 0 Å². The number of hydrogen-bond donors (Lipinski definition) is 0. The fourth-order valence-corrected chi connectivity index (χ4v) is 15.0. The predicted octanol–water partition coefficient (Wildman–Crippen LogP) is 21.9. The van der Waals surface area contributed by atoms with Gasteiger partial charge in [0, 0.05) is 22.3 Å².